The molecule has 0 saturated heterocycles. The topological polar surface area (TPSA) is 107 Å². The maximum absolute atomic E-state index is 12.0. The van der Waals surface area contributed by atoms with Gasteiger partial charge in [-0.1, -0.05) is 37.7 Å². The van der Waals surface area contributed by atoms with Crippen molar-refractivity contribution in [1.82, 2.24) is 9.97 Å². The number of nitrogens with zero attached hydrogens (tertiary/aromatic N) is 2. The van der Waals surface area contributed by atoms with Gasteiger partial charge in [-0.25, -0.2) is 9.97 Å². The lowest BCUT2D eigenvalue weighted by molar-refractivity contribution is -0.113. The Morgan fingerprint density at radius 3 is 2.39 bits per heavy atom. The molecule has 0 unspecified atom stereocenters. The van der Waals surface area contributed by atoms with Crippen LogP contribution in [0.3, 0.4) is 0 Å². The van der Waals surface area contributed by atoms with Gasteiger partial charge < -0.3 is 16.8 Å². The molecule has 1 aromatic carbocycles. The predicted octanol–water partition coefficient (Wildman–Crippen LogP) is 2.89. The first-order valence-corrected chi connectivity index (χ1v) is 8.39. The Balaban J connectivity index is 1.89. The minimum absolute atomic E-state index is 0.129. The van der Waals surface area contributed by atoms with Gasteiger partial charge in [-0.2, -0.15) is 0 Å². The lowest BCUT2D eigenvalue weighted by Gasteiger charge is -2.10. The Labute approximate surface area is 140 Å². The van der Waals surface area contributed by atoms with Crippen molar-refractivity contribution in [2.75, 3.05) is 22.5 Å². The Hall–Kier alpha value is -2.28. The van der Waals surface area contributed by atoms with Crippen LogP contribution in [0.25, 0.3) is 0 Å². The molecular weight excluding hydrogens is 310 g/mol. The molecule has 1 atom stereocenters. The smallest absolute Gasteiger partial charge is 0.234 e. The summed E-state index contributed by atoms with van der Waals surface area (Å²) in [5.74, 6) is 1.16. The fraction of sp³-hybridized carbons (Fsp3) is 0.312. The van der Waals surface area contributed by atoms with Gasteiger partial charge in [0.15, 0.2) is 5.16 Å². The zero-order valence-electron chi connectivity index (χ0n) is 13.2. The number of amides is 1. The largest absolute Gasteiger partial charge is 0.383 e. The lowest BCUT2D eigenvalue weighted by atomic mass is 9.99. The Morgan fingerprint density at radius 2 is 1.83 bits per heavy atom. The van der Waals surface area contributed by atoms with Crippen molar-refractivity contribution >= 4 is 35.0 Å². The minimum atomic E-state index is -0.129. The second-order valence-corrected chi connectivity index (χ2v) is 6.21. The van der Waals surface area contributed by atoms with Gasteiger partial charge in [0, 0.05) is 11.8 Å². The molecule has 0 radical (unpaired) electrons. The van der Waals surface area contributed by atoms with E-state index in [-0.39, 0.29) is 11.7 Å². The molecule has 1 aromatic heterocycles. The van der Waals surface area contributed by atoms with Crippen LogP contribution in [0, 0.1) is 0 Å². The molecule has 5 N–H and O–H groups in total. The molecule has 23 heavy (non-hydrogen) atoms. The quantitative estimate of drug-likeness (QED) is 0.555. The highest BCUT2D eigenvalue weighted by atomic mass is 32.2. The molecule has 1 heterocycles. The van der Waals surface area contributed by atoms with Crippen molar-refractivity contribution < 1.29 is 4.79 Å². The first kappa shape index (κ1) is 17.1. The SMILES string of the molecule is CC[C@H](C)c1ccc(NC(=O)CSc2nc(N)cc(N)n2)cc1. The van der Waals surface area contributed by atoms with Crippen molar-refractivity contribution in [3.8, 4) is 0 Å². The number of hydrogen-bond acceptors (Lipinski definition) is 6. The van der Waals surface area contributed by atoms with Crippen LogP contribution in [0.15, 0.2) is 35.5 Å². The summed E-state index contributed by atoms with van der Waals surface area (Å²) in [6.07, 6.45) is 1.09. The van der Waals surface area contributed by atoms with E-state index in [0.717, 1.165) is 12.1 Å². The maximum Gasteiger partial charge on any atom is 0.234 e. The van der Waals surface area contributed by atoms with E-state index in [1.54, 1.807) is 0 Å². The van der Waals surface area contributed by atoms with Crippen molar-refractivity contribution in [1.29, 1.82) is 0 Å². The molecule has 0 aliphatic rings. The molecule has 6 nitrogen and oxygen atoms in total. The number of carbonyl (C=O) groups excluding carboxylic acids is 1. The van der Waals surface area contributed by atoms with E-state index in [1.807, 2.05) is 24.3 Å². The number of nitrogens with two attached hydrogens (primary N) is 2. The summed E-state index contributed by atoms with van der Waals surface area (Å²) in [6, 6.07) is 9.39. The number of thioether (sulfide) groups is 1. The second kappa shape index (κ2) is 7.82. The molecule has 2 rings (SSSR count). The fourth-order valence-corrected chi connectivity index (χ4v) is 2.66. The van der Waals surface area contributed by atoms with Gasteiger partial charge in [0.2, 0.25) is 5.91 Å². The lowest BCUT2D eigenvalue weighted by Crippen LogP contribution is -2.14. The Bertz CT molecular complexity index is 654. The summed E-state index contributed by atoms with van der Waals surface area (Å²) in [5, 5.41) is 3.24. The van der Waals surface area contributed by atoms with Crippen LogP contribution in [0.5, 0.6) is 0 Å². The average Bonchev–Trinajstić information content (AvgIpc) is 2.52. The highest BCUT2D eigenvalue weighted by Gasteiger charge is 2.08. The number of carbonyl (C=O) groups is 1. The first-order chi connectivity index (χ1) is 11.0. The van der Waals surface area contributed by atoms with Crippen LogP contribution >= 0.6 is 11.8 Å². The van der Waals surface area contributed by atoms with E-state index < -0.39 is 0 Å². The summed E-state index contributed by atoms with van der Waals surface area (Å²) in [7, 11) is 0. The molecule has 0 fully saturated rings. The van der Waals surface area contributed by atoms with Crippen molar-refractivity contribution in [3.63, 3.8) is 0 Å². The van der Waals surface area contributed by atoms with Gasteiger partial charge >= 0.3 is 0 Å². The van der Waals surface area contributed by atoms with Gasteiger partial charge in [-0.15, -0.1) is 0 Å². The number of hydrogen-bond donors (Lipinski definition) is 3. The van der Waals surface area contributed by atoms with Crippen molar-refractivity contribution in [2.24, 2.45) is 0 Å². The monoisotopic (exact) mass is 331 g/mol. The average molecular weight is 331 g/mol. The molecule has 0 saturated carbocycles. The molecular formula is C16H21N5OS. The van der Waals surface area contributed by atoms with Crippen LogP contribution in [-0.2, 0) is 4.79 Å². The number of benzene rings is 1. The van der Waals surface area contributed by atoms with Crippen LogP contribution in [0.1, 0.15) is 31.7 Å². The van der Waals surface area contributed by atoms with Gasteiger partial charge in [0.1, 0.15) is 11.6 Å². The molecule has 0 spiro atoms. The standard InChI is InChI=1S/C16H21N5OS/c1-3-10(2)11-4-6-12(7-5-11)19-15(22)9-23-16-20-13(17)8-14(18)21-16/h4-8,10H,3,9H2,1-2H3,(H,19,22)(H4,17,18,20,21)/t10-/m0/s1. The third kappa shape index (κ3) is 5.14. The zero-order valence-corrected chi connectivity index (χ0v) is 14.1. The zero-order chi connectivity index (χ0) is 16.8. The van der Waals surface area contributed by atoms with Crippen LogP contribution in [0.4, 0.5) is 17.3 Å². The highest BCUT2D eigenvalue weighted by molar-refractivity contribution is 7.99. The van der Waals surface area contributed by atoms with Crippen LogP contribution in [0.2, 0.25) is 0 Å². The fourth-order valence-electron chi connectivity index (χ4n) is 1.98. The molecule has 122 valence electrons. The number of nitrogen functional groups attached to an aromatic ring is 2. The van der Waals surface area contributed by atoms with E-state index in [1.165, 1.54) is 23.4 Å². The predicted molar refractivity (Wildman–Crippen MR) is 95.4 cm³/mol. The van der Waals surface area contributed by atoms with Crippen LogP contribution in [-0.4, -0.2) is 21.6 Å². The molecule has 0 aliphatic carbocycles. The maximum atomic E-state index is 12.0. The van der Waals surface area contributed by atoms with E-state index >= 15 is 0 Å². The number of rotatable bonds is 6. The summed E-state index contributed by atoms with van der Waals surface area (Å²) in [4.78, 5) is 20.0. The van der Waals surface area contributed by atoms with Gasteiger partial charge in [0.05, 0.1) is 5.75 Å². The Kier molecular flexibility index (Phi) is 5.81. The third-order valence-electron chi connectivity index (χ3n) is 3.45. The molecule has 2 aromatic rings. The summed E-state index contributed by atoms with van der Waals surface area (Å²) in [6.45, 7) is 4.34. The van der Waals surface area contributed by atoms with Crippen molar-refractivity contribution in [2.45, 2.75) is 31.3 Å². The number of nitrogens with one attached hydrogen (secondary N) is 1. The van der Waals surface area contributed by atoms with Gasteiger partial charge in [-0.05, 0) is 30.0 Å². The molecule has 0 bridgehead atoms. The first-order valence-electron chi connectivity index (χ1n) is 7.40. The van der Waals surface area contributed by atoms with Gasteiger partial charge in [-0.3, -0.25) is 4.79 Å². The van der Waals surface area contributed by atoms with E-state index in [4.69, 9.17) is 11.5 Å². The number of anilines is 3. The normalized spacial score (nSPS) is 11.9. The molecule has 7 heteroatoms. The highest BCUT2D eigenvalue weighted by Crippen LogP contribution is 2.21. The Morgan fingerprint density at radius 1 is 1.22 bits per heavy atom. The molecule has 0 aliphatic heterocycles. The van der Waals surface area contributed by atoms with Crippen molar-refractivity contribution in [3.05, 3.63) is 35.9 Å². The minimum Gasteiger partial charge on any atom is -0.383 e. The van der Waals surface area contributed by atoms with E-state index in [9.17, 15) is 4.79 Å². The van der Waals surface area contributed by atoms with Gasteiger partial charge in [0.25, 0.3) is 0 Å². The van der Waals surface area contributed by atoms with E-state index in [0.29, 0.717) is 22.7 Å². The molecule has 1 amide bonds. The summed E-state index contributed by atoms with van der Waals surface area (Å²) in [5.41, 5.74) is 13.2. The summed E-state index contributed by atoms with van der Waals surface area (Å²) < 4.78 is 0. The summed E-state index contributed by atoms with van der Waals surface area (Å²) >= 11 is 1.19. The van der Waals surface area contributed by atoms with E-state index in [2.05, 4.69) is 29.1 Å². The van der Waals surface area contributed by atoms with Crippen LogP contribution < -0.4 is 16.8 Å². The number of aromatic nitrogens is 2. The second-order valence-electron chi connectivity index (χ2n) is 5.27. The third-order valence-corrected chi connectivity index (χ3v) is 4.30.